The van der Waals surface area contributed by atoms with Crippen LogP contribution < -0.4 is 10.9 Å². The van der Waals surface area contributed by atoms with E-state index >= 15 is 0 Å². The lowest BCUT2D eigenvalue weighted by molar-refractivity contribution is 0.878. The van der Waals surface area contributed by atoms with Crippen LogP contribution in [0.2, 0.25) is 0 Å². The summed E-state index contributed by atoms with van der Waals surface area (Å²) in [6.45, 7) is 6.12. The number of rotatable bonds is 5. The minimum atomic E-state index is -0.147. The molecule has 27 heavy (non-hydrogen) atoms. The smallest absolute Gasteiger partial charge is 0.250 e. The van der Waals surface area contributed by atoms with Crippen LogP contribution in [0, 0.1) is 6.92 Å². The third-order valence-electron chi connectivity index (χ3n) is 4.05. The first-order valence-electron chi connectivity index (χ1n) is 8.75. The van der Waals surface area contributed by atoms with Gasteiger partial charge < -0.3 is 14.9 Å². The molecular formula is C19H20N6OS. The lowest BCUT2D eigenvalue weighted by Crippen LogP contribution is -2.14. The Labute approximate surface area is 160 Å². The van der Waals surface area contributed by atoms with Gasteiger partial charge in [0.2, 0.25) is 5.56 Å². The Morgan fingerprint density at radius 2 is 2.11 bits per heavy atom. The normalized spacial score (nSPS) is 11.4. The van der Waals surface area contributed by atoms with Crippen LogP contribution >= 0.6 is 11.5 Å². The molecule has 0 spiro atoms. The molecule has 0 aliphatic heterocycles. The number of hydrogen-bond donors (Lipinski definition) is 2. The van der Waals surface area contributed by atoms with Crippen molar-refractivity contribution in [1.29, 1.82) is 0 Å². The van der Waals surface area contributed by atoms with Crippen molar-refractivity contribution < 1.29 is 0 Å². The summed E-state index contributed by atoms with van der Waals surface area (Å²) in [4.78, 5) is 25.0. The van der Waals surface area contributed by atoms with Crippen molar-refractivity contribution in [3.63, 3.8) is 0 Å². The zero-order valence-electron chi connectivity index (χ0n) is 15.4. The highest BCUT2D eigenvalue weighted by atomic mass is 32.1. The molecule has 4 aromatic heterocycles. The maximum absolute atomic E-state index is 11.7. The SMILES string of the molecule is Cc1cc(Cc2nc(NC(C)C)c3c(ccn3-c3cc[nH]c(=O)c3)n2)sn1. The van der Waals surface area contributed by atoms with Crippen LogP contribution in [0.4, 0.5) is 5.82 Å². The van der Waals surface area contributed by atoms with Crippen molar-refractivity contribution in [2.75, 3.05) is 5.32 Å². The Hall–Kier alpha value is -3.00. The molecule has 0 saturated carbocycles. The van der Waals surface area contributed by atoms with Crippen molar-refractivity contribution in [1.82, 2.24) is 23.9 Å². The van der Waals surface area contributed by atoms with Crippen molar-refractivity contribution in [3.05, 3.63) is 63.4 Å². The fourth-order valence-corrected chi connectivity index (χ4v) is 3.73. The van der Waals surface area contributed by atoms with Crippen LogP contribution in [0.1, 0.15) is 30.2 Å². The Balaban J connectivity index is 1.84. The second-order valence-electron chi connectivity index (χ2n) is 6.73. The lowest BCUT2D eigenvalue weighted by atomic mass is 10.3. The van der Waals surface area contributed by atoms with Gasteiger partial charge in [-0.2, -0.15) is 4.37 Å². The Bertz CT molecular complexity index is 1160. The molecule has 0 unspecified atom stereocenters. The molecule has 8 heteroatoms. The van der Waals surface area contributed by atoms with E-state index in [-0.39, 0.29) is 11.6 Å². The molecule has 7 nitrogen and oxygen atoms in total. The molecule has 4 rings (SSSR count). The van der Waals surface area contributed by atoms with Crippen LogP contribution in [-0.4, -0.2) is 29.9 Å². The monoisotopic (exact) mass is 380 g/mol. The highest BCUT2D eigenvalue weighted by molar-refractivity contribution is 7.05. The molecule has 4 heterocycles. The van der Waals surface area contributed by atoms with Crippen LogP contribution in [0.25, 0.3) is 16.7 Å². The summed E-state index contributed by atoms with van der Waals surface area (Å²) in [5, 5.41) is 3.42. The fraction of sp³-hybridized carbons (Fsp3) is 0.263. The van der Waals surface area contributed by atoms with E-state index in [1.165, 1.54) is 11.5 Å². The van der Waals surface area contributed by atoms with E-state index < -0.39 is 0 Å². The molecule has 0 aliphatic carbocycles. The van der Waals surface area contributed by atoms with Gasteiger partial charge in [-0.1, -0.05) is 0 Å². The number of aromatic amines is 1. The first kappa shape index (κ1) is 17.4. The average molecular weight is 380 g/mol. The Morgan fingerprint density at radius 3 is 2.81 bits per heavy atom. The van der Waals surface area contributed by atoms with Crippen molar-refractivity contribution in [2.24, 2.45) is 0 Å². The topological polar surface area (TPSA) is 88.5 Å². The summed E-state index contributed by atoms with van der Waals surface area (Å²) in [5.74, 6) is 1.51. The van der Waals surface area contributed by atoms with Crippen molar-refractivity contribution in [2.45, 2.75) is 33.2 Å². The molecule has 0 saturated heterocycles. The van der Waals surface area contributed by atoms with Gasteiger partial charge in [-0.15, -0.1) is 0 Å². The predicted molar refractivity (Wildman–Crippen MR) is 108 cm³/mol. The van der Waals surface area contributed by atoms with E-state index in [9.17, 15) is 4.79 Å². The summed E-state index contributed by atoms with van der Waals surface area (Å²) in [6.07, 6.45) is 4.20. The lowest BCUT2D eigenvalue weighted by Gasteiger charge is -2.14. The molecule has 0 radical (unpaired) electrons. The standard InChI is InChI=1S/C19H20N6OS/c1-11(2)21-19-18-15(5-7-25(18)13-4-6-20-17(26)9-13)22-16(23-19)10-14-8-12(3)24-27-14/h4-9,11H,10H2,1-3H3,(H,20,26)(H,21,22,23). The number of aromatic nitrogens is 5. The molecule has 138 valence electrons. The van der Waals surface area contributed by atoms with Gasteiger partial charge in [-0.25, -0.2) is 9.97 Å². The molecule has 0 fully saturated rings. The van der Waals surface area contributed by atoms with Gasteiger partial charge in [0.1, 0.15) is 11.3 Å². The second-order valence-corrected chi connectivity index (χ2v) is 7.62. The third-order valence-corrected chi connectivity index (χ3v) is 4.93. The zero-order chi connectivity index (χ0) is 19.0. The van der Waals surface area contributed by atoms with E-state index in [1.54, 1.807) is 12.3 Å². The quantitative estimate of drug-likeness (QED) is 0.555. The molecule has 0 bridgehead atoms. The number of anilines is 1. The highest BCUT2D eigenvalue weighted by Crippen LogP contribution is 2.26. The zero-order valence-corrected chi connectivity index (χ0v) is 16.2. The Morgan fingerprint density at radius 1 is 1.26 bits per heavy atom. The minimum Gasteiger partial charge on any atom is -0.366 e. The highest BCUT2D eigenvalue weighted by Gasteiger charge is 2.15. The van der Waals surface area contributed by atoms with E-state index in [1.807, 2.05) is 29.8 Å². The summed E-state index contributed by atoms with van der Waals surface area (Å²) in [5.41, 5.74) is 3.33. The molecular weight excluding hydrogens is 360 g/mol. The van der Waals surface area contributed by atoms with Crippen molar-refractivity contribution >= 4 is 28.4 Å². The van der Waals surface area contributed by atoms with Crippen LogP contribution in [0.3, 0.4) is 0 Å². The molecule has 0 atom stereocenters. The second kappa shape index (κ2) is 6.96. The predicted octanol–water partition coefficient (Wildman–Crippen LogP) is 3.28. The number of fused-ring (bicyclic) bond motifs is 1. The van der Waals surface area contributed by atoms with Gasteiger partial charge >= 0.3 is 0 Å². The van der Waals surface area contributed by atoms with Gasteiger partial charge in [-0.3, -0.25) is 4.79 Å². The molecule has 0 amide bonds. The molecule has 0 aliphatic rings. The van der Waals surface area contributed by atoms with Crippen molar-refractivity contribution in [3.8, 4) is 5.69 Å². The number of nitrogens with one attached hydrogen (secondary N) is 2. The average Bonchev–Trinajstić information content (AvgIpc) is 3.21. The molecule has 4 aromatic rings. The van der Waals surface area contributed by atoms with Gasteiger partial charge in [0, 0.05) is 35.8 Å². The Kier molecular flexibility index (Phi) is 4.49. The number of hydrogen-bond acceptors (Lipinski definition) is 6. The molecule has 2 N–H and O–H groups in total. The minimum absolute atomic E-state index is 0.147. The maximum atomic E-state index is 11.7. The number of H-pyrrole nitrogens is 1. The molecule has 0 aromatic carbocycles. The summed E-state index contributed by atoms with van der Waals surface area (Å²) in [6, 6.07) is 7.64. The number of aryl methyl sites for hydroxylation is 1. The summed E-state index contributed by atoms with van der Waals surface area (Å²) in [7, 11) is 0. The van der Waals surface area contributed by atoms with E-state index in [2.05, 4.69) is 34.6 Å². The van der Waals surface area contributed by atoms with E-state index in [4.69, 9.17) is 9.97 Å². The largest absolute Gasteiger partial charge is 0.366 e. The van der Waals surface area contributed by atoms with Crippen LogP contribution in [0.15, 0.2) is 41.5 Å². The third kappa shape index (κ3) is 3.61. The first-order valence-corrected chi connectivity index (χ1v) is 9.53. The summed E-state index contributed by atoms with van der Waals surface area (Å²) < 4.78 is 6.27. The number of pyridine rings is 1. The van der Waals surface area contributed by atoms with Crippen LogP contribution in [-0.2, 0) is 6.42 Å². The van der Waals surface area contributed by atoms with Gasteiger partial charge in [0.15, 0.2) is 5.82 Å². The van der Waals surface area contributed by atoms with E-state index in [0.717, 1.165) is 38.9 Å². The van der Waals surface area contributed by atoms with Gasteiger partial charge in [0.05, 0.1) is 16.9 Å². The summed E-state index contributed by atoms with van der Waals surface area (Å²) >= 11 is 1.48. The van der Waals surface area contributed by atoms with Gasteiger partial charge in [0.25, 0.3) is 0 Å². The van der Waals surface area contributed by atoms with Crippen LogP contribution in [0.5, 0.6) is 0 Å². The fourth-order valence-electron chi connectivity index (χ4n) is 3.00. The van der Waals surface area contributed by atoms with E-state index in [0.29, 0.717) is 6.42 Å². The maximum Gasteiger partial charge on any atom is 0.250 e. The number of nitrogens with zero attached hydrogens (tertiary/aromatic N) is 4. The first-order chi connectivity index (χ1) is 13.0. The van der Waals surface area contributed by atoms with Gasteiger partial charge in [-0.05, 0) is 50.5 Å².